The Kier molecular flexibility index (Phi) is 6.19. The van der Waals surface area contributed by atoms with E-state index in [1.165, 1.54) is 48.8 Å². The predicted molar refractivity (Wildman–Crippen MR) is 108 cm³/mol. The fraction of sp³-hybridized carbons (Fsp3) is 0.429. The summed E-state index contributed by atoms with van der Waals surface area (Å²) in [5, 5.41) is 0. The van der Waals surface area contributed by atoms with E-state index in [9.17, 15) is 8.42 Å². The number of likely N-dealkylation sites (N-methyl/N-ethyl adjacent to an activating group) is 1. The van der Waals surface area contributed by atoms with Gasteiger partial charge in [-0.15, -0.1) is 0 Å². The molecule has 146 valence electrons. The van der Waals surface area contributed by atoms with Crippen LogP contribution in [0.3, 0.4) is 0 Å². The average Bonchev–Trinajstić information content (AvgIpc) is 2.67. The van der Waals surface area contributed by atoms with Crippen LogP contribution in [0, 0.1) is 0 Å². The van der Waals surface area contributed by atoms with Crippen molar-refractivity contribution in [3.8, 4) is 5.75 Å². The summed E-state index contributed by atoms with van der Waals surface area (Å²) in [6.45, 7) is 1.38. The number of rotatable bonds is 7. The Bertz CT molecular complexity index is 863. The molecule has 0 saturated carbocycles. The van der Waals surface area contributed by atoms with Gasteiger partial charge in [0.05, 0.1) is 4.90 Å². The van der Waals surface area contributed by atoms with Crippen LogP contribution in [-0.2, 0) is 16.4 Å². The molecule has 2 aromatic rings. The van der Waals surface area contributed by atoms with Gasteiger partial charge in [-0.25, -0.2) is 12.7 Å². The third-order valence-corrected chi connectivity index (χ3v) is 7.01. The maximum absolute atomic E-state index is 12.1. The molecule has 0 amide bonds. The Morgan fingerprint density at radius 2 is 1.74 bits per heavy atom. The molecule has 3 rings (SSSR count). The van der Waals surface area contributed by atoms with Crippen LogP contribution in [-0.4, -0.2) is 51.9 Å². The van der Waals surface area contributed by atoms with Gasteiger partial charge in [-0.1, -0.05) is 24.3 Å². The van der Waals surface area contributed by atoms with E-state index in [4.69, 9.17) is 4.74 Å². The lowest BCUT2D eigenvalue weighted by molar-refractivity contribution is 0.178. The molecular weight excluding hydrogens is 360 g/mol. The number of hydrogen-bond donors (Lipinski definition) is 0. The molecule has 0 aromatic heterocycles. The van der Waals surface area contributed by atoms with E-state index in [0.29, 0.717) is 18.4 Å². The Morgan fingerprint density at radius 1 is 1.04 bits per heavy atom. The van der Waals surface area contributed by atoms with Crippen molar-refractivity contribution < 1.29 is 13.2 Å². The van der Waals surface area contributed by atoms with Crippen molar-refractivity contribution >= 4 is 10.0 Å². The average molecular weight is 389 g/mol. The molecule has 0 saturated heterocycles. The highest BCUT2D eigenvalue weighted by atomic mass is 32.2. The van der Waals surface area contributed by atoms with Crippen molar-refractivity contribution in [1.29, 1.82) is 0 Å². The quantitative estimate of drug-likeness (QED) is 0.730. The Balaban J connectivity index is 1.56. The topological polar surface area (TPSA) is 49.9 Å². The molecule has 0 radical (unpaired) electrons. The van der Waals surface area contributed by atoms with Crippen molar-refractivity contribution in [3.05, 3.63) is 59.7 Å². The first-order valence-corrected chi connectivity index (χ1v) is 10.8. The summed E-state index contributed by atoms with van der Waals surface area (Å²) < 4.78 is 31.2. The predicted octanol–water partition coefficient (Wildman–Crippen LogP) is 3.33. The number of hydrogen-bond acceptors (Lipinski definition) is 4. The lowest BCUT2D eigenvalue weighted by atomic mass is 9.87. The number of nitrogens with zero attached hydrogens (tertiary/aromatic N) is 2. The van der Waals surface area contributed by atoms with Crippen LogP contribution in [0.5, 0.6) is 5.75 Å². The van der Waals surface area contributed by atoms with Gasteiger partial charge in [-0.3, -0.25) is 4.90 Å². The molecule has 27 heavy (non-hydrogen) atoms. The number of aryl methyl sites for hydroxylation is 1. The first kappa shape index (κ1) is 19.9. The van der Waals surface area contributed by atoms with Crippen molar-refractivity contribution in [2.75, 3.05) is 34.3 Å². The van der Waals surface area contributed by atoms with Crippen LogP contribution >= 0.6 is 0 Å². The molecule has 5 nitrogen and oxygen atoms in total. The number of fused-ring (bicyclic) bond motifs is 1. The monoisotopic (exact) mass is 388 g/mol. The van der Waals surface area contributed by atoms with Gasteiger partial charge in [0.1, 0.15) is 12.4 Å². The maximum Gasteiger partial charge on any atom is 0.242 e. The van der Waals surface area contributed by atoms with Crippen molar-refractivity contribution in [1.82, 2.24) is 9.21 Å². The van der Waals surface area contributed by atoms with Gasteiger partial charge in [0, 0.05) is 26.7 Å². The first-order chi connectivity index (χ1) is 12.9. The molecule has 0 bridgehead atoms. The van der Waals surface area contributed by atoms with Crippen LogP contribution in [0.1, 0.15) is 30.0 Å². The summed E-state index contributed by atoms with van der Waals surface area (Å²) in [5.74, 6) is 0.685. The van der Waals surface area contributed by atoms with E-state index in [0.717, 1.165) is 6.54 Å². The summed E-state index contributed by atoms with van der Waals surface area (Å²) in [6.07, 6.45) is 3.55. The Morgan fingerprint density at radius 3 is 2.44 bits per heavy atom. The van der Waals surface area contributed by atoms with Gasteiger partial charge in [-0.05, 0) is 61.7 Å². The Hall–Kier alpha value is -1.89. The van der Waals surface area contributed by atoms with E-state index in [1.807, 2.05) is 0 Å². The minimum Gasteiger partial charge on any atom is -0.492 e. The second-order valence-electron chi connectivity index (χ2n) is 7.19. The van der Waals surface area contributed by atoms with E-state index in [-0.39, 0.29) is 4.90 Å². The summed E-state index contributed by atoms with van der Waals surface area (Å²) >= 11 is 0. The molecule has 2 aromatic carbocycles. The molecule has 1 aliphatic carbocycles. The van der Waals surface area contributed by atoms with Crippen LogP contribution in [0.15, 0.2) is 53.4 Å². The lowest BCUT2D eigenvalue weighted by Crippen LogP contribution is -2.31. The molecule has 0 spiro atoms. The van der Waals surface area contributed by atoms with Gasteiger partial charge in [-0.2, -0.15) is 0 Å². The smallest absolute Gasteiger partial charge is 0.242 e. The van der Waals surface area contributed by atoms with Crippen LogP contribution in [0.4, 0.5) is 0 Å². The van der Waals surface area contributed by atoms with E-state index >= 15 is 0 Å². The summed E-state index contributed by atoms with van der Waals surface area (Å²) in [4.78, 5) is 2.62. The highest BCUT2D eigenvalue weighted by molar-refractivity contribution is 7.89. The Labute approximate surface area is 162 Å². The van der Waals surface area contributed by atoms with Crippen LogP contribution in [0.2, 0.25) is 0 Å². The first-order valence-electron chi connectivity index (χ1n) is 9.33. The molecule has 0 fully saturated rings. The van der Waals surface area contributed by atoms with E-state index < -0.39 is 10.0 Å². The summed E-state index contributed by atoms with van der Waals surface area (Å²) in [6, 6.07) is 15.7. The van der Waals surface area contributed by atoms with Gasteiger partial charge in [0.25, 0.3) is 0 Å². The van der Waals surface area contributed by atoms with E-state index in [1.54, 1.807) is 24.3 Å². The van der Waals surface area contributed by atoms with Crippen molar-refractivity contribution in [2.24, 2.45) is 0 Å². The molecule has 1 atom stereocenters. The van der Waals surface area contributed by atoms with Crippen LogP contribution < -0.4 is 4.74 Å². The minimum absolute atomic E-state index is 0.274. The van der Waals surface area contributed by atoms with Crippen LogP contribution in [0.25, 0.3) is 0 Å². The largest absolute Gasteiger partial charge is 0.492 e. The summed E-state index contributed by atoms with van der Waals surface area (Å²) in [7, 11) is 1.79. The zero-order valence-corrected chi connectivity index (χ0v) is 17.1. The lowest BCUT2D eigenvalue weighted by Gasteiger charge is -2.33. The van der Waals surface area contributed by atoms with Gasteiger partial charge in [0.2, 0.25) is 10.0 Å². The molecule has 0 unspecified atom stereocenters. The normalized spacial score (nSPS) is 17.1. The number of sulfonamides is 1. The molecule has 1 aliphatic rings. The van der Waals surface area contributed by atoms with Gasteiger partial charge < -0.3 is 4.74 Å². The van der Waals surface area contributed by atoms with Gasteiger partial charge >= 0.3 is 0 Å². The van der Waals surface area contributed by atoms with Crippen molar-refractivity contribution in [3.63, 3.8) is 0 Å². The highest BCUT2D eigenvalue weighted by Crippen LogP contribution is 2.33. The third kappa shape index (κ3) is 4.51. The van der Waals surface area contributed by atoms with E-state index in [2.05, 4.69) is 36.2 Å². The summed E-state index contributed by atoms with van der Waals surface area (Å²) in [5.41, 5.74) is 2.89. The second-order valence-corrected chi connectivity index (χ2v) is 9.35. The molecular formula is C21H28N2O3S. The molecule has 0 N–H and O–H groups in total. The number of benzene rings is 2. The maximum atomic E-state index is 12.1. The SMILES string of the molecule is CN(CCOc1ccc(S(=O)(=O)N(C)C)cc1)[C@@H]1CCCc2ccccc21. The minimum atomic E-state index is -3.40. The molecule has 6 heteroatoms. The zero-order chi connectivity index (χ0) is 19.4. The standard InChI is InChI=1S/C21H28N2O3S/c1-22(2)27(24,25)19-13-11-18(12-14-19)26-16-15-23(3)21-10-6-8-17-7-4-5-9-20(17)21/h4-5,7,9,11-14,21H,6,8,10,15-16H2,1-3H3/t21-/m1/s1. The van der Waals surface area contributed by atoms with Gasteiger partial charge in [0.15, 0.2) is 0 Å². The third-order valence-electron chi connectivity index (χ3n) is 5.18. The molecule has 0 aliphatic heterocycles. The molecule has 0 heterocycles. The highest BCUT2D eigenvalue weighted by Gasteiger charge is 2.23. The fourth-order valence-electron chi connectivity index (χ4n) is 3.57. The zero-order valence-electron chi connectivity index (χ0n) is 16.3. The second kappa shape index (κ2) is 8.42. The number of ether oxygens (including phenoxy) is 1. The van der Waals surface area contributed by atoms with Crippen molar-refractivity contribution in [2.45, 2.75) is 30.2 Å². The fourth-order valence-corrected chi connectivity index (χ4v) is 4.47.